The molecule has 0 spiro atoms. The summed E-state index contributed by atoms with van der Waals surface area (Å²) in [6.45, 7) is 3.18. The predicted molar refractivity (Wildman–Crippen MR) is 104 cm³/mol. The first-order chi connectivity index (χ1) is 13.7. The summed E-state index contributed by atoms with van der Waals surface area (Å²) in [5.74, 6) is -0.759. The minimum Gasteiger partial charge on any atom is -0.467 e. The van der Waals surface area contributed by atoms with Gasteiger partial charge in [0.1, 0.15) is 0 Å². The van der Waals surface area contributed by atoms with Gasteiger partial charge in [0.05, 0.1) is 10.7 Å². The first-order valence-electron chi connectivity index (χ1n) is 8.58. The Morgan fingerprint density at radius 2 is 1.79 bits per heavy atom. The molecule has 0 saturated carbocycles. The van der Waals surface area contributed by atoms with E-state index < -0.39 is 24.4 Å². The standard InChI is InChI=1S/C20H17ClF3N3O2/c1-12-6-5-7-13(2)19(12)25-17(28)11-29-18-10-16(20(22,23)24)26-27(18)15-9-4-3-8-14(15)21/h3-10H,11H2,1-2H3,(H,25,28). The third-order valence-electron chi connectivity index (χ3n) is 4.14. The zero-order chi connectivity index (χ0) is 21.2. The van der Waals surface area contributed by atoms with Crippen molar-refractivity contribution in [1.29, 1.82) is 0 Å². The van der Waals surface area contributed by atoms with E-state index in [0.717, 1.165) is 21.9 Å². The van der Waals surface area contributed by atoms with E-state index in [2.05, 4.69) is 10.4 Å². The van der Waals surface area contributed by atoms with Crippen LogP contribution in [0.4, 0.5) is 18.9 Å². The first-order valence-corrected chi connectivity index (χ1v) is 8.95. The number of aryl methyl sites for hydroxylation is 2. The summed E-state index contributed by atoms with van der Waals surface area (Å²) in [7, 11) is 0. The van der Waals surface area contributed by atoms with Gasteiger partial charge in [-0.05, 0) is 37.1 Å². The summed E-state index contributed by atoms with van der Waals surface area (Å²) < 4.78 is 45.7. The van der Waals surface area contributed by atoms with E-state index in [1.165, 1.54) is 12.1 Å². The minimum atomic E-state index is -4.68. The molecule has 1 N–H and O–H groups in total. The number of hydrogen-bond donors (Lipinski definition) is 1. The fraction of sp³-hybridized carbons (Fsp3) is 0.200. The quantitative estimate of drug-likeness (QED) is 0.615. The topological polar surface area (TPSA) is 56.1 Å². The highest BCUT2D eigenvalue weighted by Crippen LogP contribution is 2.33. The van der Waals surface area contributed by atoms with Crippen LogP contribution in [-0.4, -0.2) is 22.3 Å². The van der Waals surface area contributed by atoms with Crippen molar-refractivity contribution in [3.8, 4) is 11.6 Å². The van der Waals surface area contributed by atoms with Crippen LogP contribution in [0.15, 0.2) is 48.5 Å². The molecule has 1 aromatic heterocycles. The normalized spacial score (nSPS) is 11.4. The van der Waals surface area contributed by atoms with Gasteiger partial charge >= 0.3 is 6.18 Å². The zero-order valence-corrected chi connectivity index (χ0v) is 16.3. The number of para-hydroxylation sites is 2. The number of nitrogens with zero attached hydrogens (tertiary/aromatic N) is 2. The highest BCUT2D eigenvalue weighted by atomic mass is 35.5. The minimum absolute atomic E-state index is 0.189. The van der Waals surface area contributed by atoms with Crippen molar-refractivity contribution in [3.63, 3.8) is 0 Å². The second-order valence-corrected chi connectivity index (χ2v) is 6.74. The van der Waals surface area contributed by atoms with Crippen LogP contribution in [0.2, 0.25) is 5.02 Å². The van der Waals surface area contributed by atoms with E-state index in [1.807, 2.05) is 32.0 Å². The molecule has 2 aromatic carbocycles. The molecule has 152 valence electrons. The van der Waals surface area contributed by atoms with Crippen LogP contribution in [-0.2, 0) is 11.0 Å². The Labute approximate surface area is 170 Å². The zero-order valence-electron chi connectivity index (χ0n) is 15.5. The largest absolute Gasteiger partial charge is 0.467 e. The molecule has 3 rings (SSSR count). The summed E-state index contributed by atoms with van der Waals surface area (Å²) in [4.78, 5) is 12.3. The van der Waals surface area contributed by atoms with Gasteiger partial charge in [-0.25, -0.2) is 0 Å². The molecule has 9 heteroatoms. The van der Waals surface area contributed by atoms with Gasteiger partial charge in [0.25, 0.3) is 5.91 Å². The molecule has 0 aliphatic rings. The number of alkyl halides is 3. The fourth-order valence-corrected chi connectivity index (χ4v) is 2.94. The van der Waals surface area contributed by atoms with Gasteiger partial charge in [-0.2, -0.15) is 23.0 Å². The van der Waals surface area contributed by atoms with Crippen LogP contribution in [0, 0.1) is 13.8 Å². The number of aromatic nitrogens is 2. The van der Waals surface area contributed by atoms with Crippen LogP contribution >= 0.6 is 11.6 Å². The molecule has 0 aliphatic carbocycles. The summed E-state index contributed by atoms with van der Waals surface area (Å²) in [5, 5.41) is 6.46. The predicted octanol–water partition coefficient (Wildman–Crippen LogP) is 5.18. The van der Waals surface area contributed by atoms with Crippen LogP contribution in [0.3, 0.4) is 0 Å². The Bertz CT molecular complexity index is 1030. The fourth-order valence-electron chi connectivity index (χ4n) is 2.73. The molecule has 0 radical (unpaired) electrons. The molecular weight excluding hydrogens is 407 g/mol. The molecule has 29 heavy (non-hydrogen) atoms. The number of ether oxygens (including phenoxy) is 1. The number of rotatable bonds is 5. The molecule has 0 fully saturated rings. The lowest BCUT2D eigenvalue weighted by molar-refractivity contribution is -0.141. The molecule has 0 saturated heterocycles. The highest BCUT2D eigenvalue weighted by Gasteiger charge is 2.36. The number of halogens is 4. The van der Waals surface area contributed by atoms with Crippen molar-refractivity contribution in [2.45, 2.75) is 20.0 Å². The SMILES string of the molecule is Cc1cccc(C)c1NC(=O)COc1cc(C(F)(F)F)nn1-c1ccccc1Cl. The second-order valence-electron chi connectivity index (χ2n) is 6.33. The van der Waals surface area contributed by atoms with E-state index in [4.69, 9.17) is 16.3 Å². The van der Waals surface area contributed by atoms with Crippen LogP contribution in [0.5, 0.6) is 5.88 Å². The van der Waals surface area contributed by atoms with Crippen molar-refractivity contribution in [1.82, 2.24) is 9.78 Å². The molecule has 1 heterocycles. The summed E-state index contributed by atoms with van der Waals surface area (Å²) in [6, 6.07) is 12.5. The van der Waals surface area contributed by atoms with E-state index >= 15 is 0 Å². The van der Waals surface area contributed by atoms with Crippen molar-refractivity contribution < 1.29 is 22.7 Å². The molecule has 5 nitrogen and oxygen atoms in total. The smallest absolute Gasteiger partial charge is 0.435 e. The molecule has 1 amide bonds. The van der Waals surface area contributed by atoms with Crippen LogP contribution in [0.25, 0.3) is 5.69 Å². The van der Waals surface area contributed by atoms with E-state index in [-0.39, 0.29) is 16.6 Å². The lowest BCUT2D eigenvalue weighted by Gasteiger charge is -2.13. The van der Waals surface area contributed by atoms with Gasteiger partial charge in [-0.1, -0.05) is 41.9 Å². The van der Waals surface area contributed by atoms with Gasteiger partial charge in [-0.15, -0.1) is 0 Å². The van der Waals surface area contributed by atoms with Crippen molar-refractivity contribution in [2.75, 3.05) is 11.9 Å². The summed E-state index contributed by atoms with van der Waals surface area (Å²) >= 11 is 6.08. The monoisotopic (exact) mass is 423 g/mol. The van der Waals surface area contributed by atoms with Gasteiger partial charge in [0, 0.05) is 11.8 Å². The number of hydrogen-bond acceptors (Lipinski definition) is 3. The van der Waals surface area contributed by atoms with Gasteiger partial charge in [0.15, 0.2) is 12.3 Å². The van der Waals surface area contributed by atoms with E-state index in [9.17, 15) is 18.0 Å². The third kappa shape index (κ3) is 4.71. The molecule has 0 unspecified atom stereocenters. The Hall–Kier alpha value is -3.00. The average molecular weight is 424 g/mol. The number of benzene rings is 2. The third-order valence-corrected chi connectivity index (χ3v) is 4.46. The van der Waals surface area contributed by atoms with Crippen molar-refractivity contribution in [2.24, 2.45) is 0 Å². The molecule has 0 bridgehead atoms. The summed E-state index contributed by atoms with van der Waals surface area (Å²) in [6.07, 6.45) is -4.68. The number of carbonyl (C=O) groups is 1. The van der Waals surface area contributed by atoms with Crippen molar-refractivity contribution in [3.05, 3.63) is 70.4 Å². The number of anilines is 1. The van der Waals surface area contributed by atoms with E-state index in [0.29, 0.717) is 5.69 Å². The van der Waals surface area contributed by atoms with Crippen LogP contribution < -0.4 is 10.1 Å². The Morgan fingerprint density at radius 3 is 2.41 bits per heavy atom. The lowest BCUT2D eigenvalue weighted by atomic mass is 10.1. The summed E-state index contributed by atoms with van der Waals surface area (Å²) in [5.41, 5.74) is 1.41. The molecule has 3 aromatic rings. The lowest BCUT2D eigenvalue weighted by Crippen LogP contribution is -2.22. The van der Waals surface area contributed by atoms with Gasteiger partial charge in [0.2, 0.25) is 5.88 Å². The molecule has 0 atom stereocenters. The Morgan fingerprint density at radius 1 is 1.14 bits per heavy atom. The van der Waals surface area contributed by atoms with Gasteiger partial charge in [-0.3, -0.25) is 4.79 Å². The first kappa shape index (κ1) is 20.7. The Kier molecular flexibility index (Phi) is 5.83. The Balaban J connectivity index is 1.84. The number of amides is 1. The highest BCUT2D eigenvalue weighted by molar-refractivity contribution is 6.32. The molecular formula is C20H17ClF3N3O2. The average Bonchev–Trinajstić information content (AvgIpc) is 3.08. The molecule has 0 aliphatic heterocycles. The maximum Gasteiger partial charge on any atom is 0.435 e. The number of carbonyl (C=O) groups excluding carboxylic acids is 1. The number of nitrogens with one attached hydrogen (secondary N) is 1. The maximum atomic E-state index is 13.1. The maximum absolute atomic E-state index is 13.1. The van der Waals surface area contributed by atoms with E-state index in [1.54, 1.807) is 12.1 Å². The van der Waals surface area contributed by atoms with Crippen molar-refractivity contribution >= 4 is 23.2 Å². The van der Waals surface area contributed by atoms with Gasteiger partial charge < -0.3 is 10.1 Å². The second kappa shape index (κ2) is 8.16. The van der Waals surface area contributed by atoms with Crippen LogP contribution in [0.1, 0.15) is 16.8 Å².